The standard InChI is InChI=1S/C14H21N3O3/c1-9-3-5-12(6-4-9)16-13(18)11-7-15-17(8-11)10(2)14(19)20/h7-10,12H,3-6H2,1-2H3,(H,16,18)(H,19,20). The molecule has 6 nitrogen and oxygen atoms in total. The first kappa shape index (κ1) is 14.6. The number of carbonyl (C=O) groups is 2. The largest absolute Gasteiger partial charge is 0.480 e. The number of nitrogens with zero attached hydrogens (tertiary/aromatic N) is 2. The van der Waals surface area contributed by atoms with Gasteiger partial charge in [-0.25, -0.2) is 4.79 Å². The van der Waals surface area contributed by atoms with Gasteiger partial charge in [0.1, 0.15) is 6.04 Å². The minimum Gasteiger partial charge on any atom is -0.480 e. The quantitative estimate of drug-likeness (QED) is 0.880. The Morgan fingerprint density at radius 1 is 1.40 bits per heavy atom. The van der Waals surface area contributed by atoms with Gasteiger partial charge in [0.25, 0.3) is 5.91 Å². The average molecular weight is 279 g/mol. The first-order valence-electron chi connectivity index (χ1n) is 7.05. The van der Waals surface area contributed by atoms with Crippen LogP contribution >= 0.6 is 0 Å². The van der Waals surface area contributed by atoms with Crippen LogP contribution in [0.5, 0.6) is 0 Å². The molecule has 0 saturated heterocycles. The van der Waals surface area contributed by atoms with Gasteiger partial charge in [-0.15, -0.1) is 0 Å². The maximum atomic E-state index is 12.1. The van der Waals surface area contributed by atoms with E-state index < -0.39 is 12.0 Å². The molecule has 1 aliphatic rings. The number of carboxylic acid groups (broad SMARTS) is 1. The van der Waals surface area contributed by atoms with Crippen LogP contribution < -0.4 is 5.32 Å². The summed E-state index contributed by atoms with van der Waals surface area (Å²) in [5.74, 6) is -0.406. The molecule has 0 aromatic carbocycles. The Morgan fingerprint density at radius 2 is 2.05 bits per heavy atom. The molecule has 1 fully saturated rings. The van der Waals surface area contributed by atoms with Crippen LogP contribution in [0.1, 0.15) is 55.9 Å². The molecule has 1 aromatic heterocycles. The van der Waals surface area contributed by atoms with Crippen molar-refractivity contribution in [2.45, 2.75) is 51.6 Å². The van der Waals surface area contributed by atoms with E-state index in [4.69, 9.17) is 5.11 Å². The first-order valence-corrected chi connectivity index (χ1v) is 7.05. The Bertz CT molecular complexity index is 490. The summed E-state index contributed by atoms with van der Waals surface area (Å²) in [6, 6.07) is -0.550. The van der Waals surface area contributed by atoms with Crippen LogP contribution in [0.3, 0.4) is 0 Å². The zero-order valence-corrected chi connectivity index (χ0v) is 11.9. The summed E-state index contributed by atoms with van der Waals surface area (Å²) in [5, 5.41) is 15.8. The van der Waals surface area contributed by atoms with Crippen LogP contribution in [-0.4, -0.2) is 32.8 Å². The molecule has 2 N–H and O–H groups in total. The number of aromatic nitrogens is 2. The highest BCUT2D eigenvalue weighted by atomic mass is 16.4. The Balaban J connectivity index is 1.94. The molecule has 0 spiro atoms. The molecule has 0 aliphatic heterocycles. The zero-order chi connectivity index (χ0) is 14.7. The van der Waals surface area contributed by atoms with Gasteiger partial charge in [-0.1, -0.05) is 6.92 Å². The number of hydrogen-bond acceptors (Lipinski definition) is 3. The van der Waals surface area contributed by atoms with Gasteiger partial charge in [0.15, 0.2) is 0 Å². The van der Waals surface area contributed by atoms with Crippen LogP contribution in [0.2, 0.25) is 0 Å². The van der Waals surface area contributed by atoms with Gasteiger partial charge in [-0.3, -0.25) is 9.48 Å². The lowest BCUT2D eigenvalue weighted by Gasteiger charge is -2.26. The summed E-state index contributed by atoms with van der Waals surface area (Å²) >= 11 is 0. The highest BCUT2D eigenvalue weighted by Crippen LogP contribution is 2.23. The lowest BCUT2D eigenvalue weighted by atomic mass is 9.87. The van der Waals surface area contributed by atoms with Crippen molar-refractivity contribution >= 4 is 11.9 Å². The van der Waals surface area contributed by atoms with E-state index in [1.165, 1.54) is 24.0 Å². The lowest BCUT2D eigenvalue weighted by Crippen LogP contribution is -2.37. The molecular weight excluding hydrogens is 258 g/mol. The fraction of sp³-hybridized carbons (Fsp3) is 0.643. The number of hydrogen-bond donors (Lipinski definition) is 2. The number of nitrogens with one attached hydrogen (secondary N) is 1. The molecule has 1 atom stereocenters. The van der Waals surface area contributed by atoms with Crippen molar-refractivity contribution in [2.75, 3.05) is 0 Å². The molecule has 1 aliphatic carbocycles. The summed E-state index contributed by atoms with van der Waals surface area (Å²) in [6.45, 7) is 3.76. The van der Waals surface area contributed by atoms with Crippen LogP contribution in [-0.2, 0) is 4.79 Å². The van der Waals surface area contributed by atoms with Gasteiger partial charge in [-0.05, 0) is 38.5 Å². The third-order valence-electron chi connectivity index (χ3n) is 3.97. The minimum absolute atomic E-state index is 0.173. The highest BCUT2D eigenvalue weighted by Gasteiger charge is 2.22. The van der Waals surface area contributed by atoms with Crippen molar-refractivity contribution in [1.82, 2.24) is 15.1 Å². The van der Waals surface area contributed by atoms with Gasteiger partial charge in [0.2, 0.25) is 0 Å². The molecule has 2 rings (SSSR count). The van der Waals surface area contributed by atoms with Crippen LogP contribution in [0.25, 0.3) is 0 Å². The van der Waals surface area contributed by atoms with Crippen molar-refractivity contribution in [3.63, 3.8) is 0 Å². The molecule has 0 bridgehead atoms. The van der Waals surface area contributed by atoms with Gasteiger partial charge < -0.3 is 10.4 Å². The van der Waals surface area contributed by atoms with Gasteiger partial charge in [-0.2, -0.15) is 5.10 Å². The second kappa shape index (κ2) is 6.07. The van der Waals surface area contributed by atoms with Crippen molar-refractivity contribution in [2.24, 2.45) is 5.92 Å². The van der Waals surface area contributed by atoms with Crippen LogP contribution in [0.4, 0.5) is 0 Å². The maximum absolute atomic E-state index is 12.1. The SMILES string of the molecule is CC1CCC(NC(=O)c2cnn(C(C)C(=O)O)c2)CC1. The normalized spacial score (nSPS) is 24.1. The number of aliphatic carboxylic acids is 1. The number of carboxylic acids is 1. The Kier molecular flexibility index (Phi) is 4.42. The summed E-state index contributed by atoms with van der Waals surface area (Å²) in [4.78, 5) is 23.0. The van der Waals surface area contributed by atoms with E-state index in [9.17, 15) is 9.59 Å². The van der Waals surface area contributed by atoms with Crippen molar-refractivity contribution < 1.29 is 14.7 Å². The van der Waals surface area contributed by atoms with Crippen molar-refractivity contribution in [1.29, 1.82) is 0 Å². The van der Waals surface area contributed by atoms with E-state index in [-0.39, 0.29) is 11.9 Å². The van der Waals surface area contributed by atoms with E-state index in [1.54, 1.807) is 0 Å². The average Bonchev–Trinajstić information content (AvgIpc) is 2.90. The van der Waals surface area contributed by atoms with E-state index in [2.05, 4.69) is 17.3 Å². The fourth-order valence-corrected chi connectivity index (χ4v) is 2.45. The molecule has 1 aromatic rings. The zero-order valence-electron chi connectivity index (χ0n) is 11.9. The summed E-state index contributed by atoms with van der Waals surface area (Å²) in [6.07, 6.45) is 7.19. The Labute approximate surface area is 118 Å². The number of carbonyl (C=O) groups excluding carboxylic acids is 1. The number of amides is 1. The van der Waals surface area contributed by atoms with Gasteiger partial charge in [0.05, 0.1) is 11.8 Å². The predicted octanol–water partition coefficient (Wildman–Crippen LogP) is 1.84. The number of rotatable bonds is 4. The first-order chi connectivity index (χ1) is 9.47. The van der Waals surface area contributed by atoms with E-state index in [0.29, 0.717) is 5.56 Å². The molecule has 6 heteroatoms. The van der Waals surface area contributed by atoms with Crippen molar-refractivity contribution in [3.05, 3.63) is 18.0 Å². The van der Waals surface area contributed by atoms with Crippen LogP contribution in [0.15, 0.2) is 12.4 Å². The van der Waals surface area contributed by atoms with Crippen molar-refractivity contribution in [3.8, 4) is 0 Å². The lowest BCUT2D eigenvalue weighted by molar-refractivity contribution is -0.140. The molecule has 1 heterocycles. The molecule has 1 amide bonds. The molecule has 1 unspecified atom stereocenters. The second-order valence-corrected chi connectivity index (χ2v) is 5.65. The third kappa shape index (κ3) is 3.37. The molecular formula is C14H21N3O3. The molecule has 0 radical (unpaired) electrons. The van der Waals surface area contributed by atoms with Gasteiger partial charge >= 0.3 is 5.97 Å². The maximum Gasteiger partial charge on any atom is 0.328 e. The predicted molar refractivity (Wildman–Crippen MR) is 73.5 cm³/mol. The Morgan fingerprint density at radius 3 is 2.65 bits per heavy atom. The summed E-state index contributed by atoms with van der Waals surface area (Å²) in [7, 11) is 0. The Hall–Kier alpha value is -1.85. The van der Waals surface area contributed by atoms with Gasteiger partial charge in [0, 0.05) is 12.2 Å². The second-order valence-electron chi connectivity index (χ2n) is 5.65. The van der Waals surface area contributed by atoms with E-state index in [0.717, 1.165) is 31.6 Å². The smallest absolute Gasteiger partial charge is 0.328 e. The third-order valence-corrected chi connectivity index (χ3v) is 3.97. The minimum atomic E-state index is -0.971. The van der Waals surface area contributed by atoms with E-state index >= 15 is 0 Å². The summed E-state index contributed by atoms with van der Waals surface area (Å²) < 4.78 is 1.29. The monoisotopic (exact) mass is 279 g/mol. The molecule has 110 valence electrons. The topological polar surface area (TPSA) is 84.2 Å². The fourth-order valence-electron chi connectivity index (χ4n) is 2.45. The summed E-state index contributed by atoms with van der Waals surface area (Å²) in [5.41, 5.74) is 0.414. The highest BCUT2D eigenvalue weighted by molar-refractivity contribution is 5.94. The van der Waals surface area contributed by atoms with E-state index in [1.807, 2.05) is 0 Å². The molecule has 1 saturated carbocycles. The molecule has 20 heavy (non-hydrogen) atoms. The van der Waals surface area contributed by atoms with Crippen LogP contribution in [0, 0.1) is 5.92 Å².